The number of fused-ring (bicyclic) bond motifs is 2. The highest BCUT2D eigenvalue weighted by Gasteiger charge is 2.44. The SMILES string of the molecule is Cc1ncsc1-c1ccc([C@H](C)NC(=O)[C@@H]2C[C@@H](O)CN2C(=O)[C@@H](NC(=O)COCCOCCOCCOc2ccc3c(c2)Sc2cc([N+](=O)[O-])ccc2N3)C(C)(C)C)cc1. The lowest BCUT2D eigenvalue weighted by atomic mass is 9.85. The number of nitrogens with one attached hydrogen (secondary N) is 3. The maximum Gasteiger partial charge on any atom is 0.270 e. The van der Waals surface area contributed by atoms with Crippen LogP contribution in [0.4, 0.5) is 17.1 Å². The van der Waals surface area contributed by atoms with Crippen LogP contribution < -0.4 is 20.7 Å². The van der Waals surface area contributed by atoms with E-state index in [1.54, 1.807) is 23.5 Å². The van der Waals surface area contributed by atoms with Gasteiger partial charge in [-0.25, -0.2) is 4.98 Å². The van der Waals surface area contributed by atoms with E-state index in [1.807, 2.05) is 82.6 Å². The summed E-state index contributed by atoms with van der Waals surface area (Å²) in [4.78, 5) is 59.7. The van der Waals surface area contributed by atoms with E-state index in [1.165, 1.54) is 22.7 Å². The molecule has 3 amide bonds. The Hall–Kier alpha value is -5.11. The maximum absolute atomic E-state index is 14.0. The van der Waals surface area contributed by atoms with Crippen LogP contribution in [0.15, 0.2) is 76.0 Å². The predicted molar refractivity (Wildman–Crippen MR) is 231 cm³/mol. The van der Waals surface area contributed by atoms with E-state index < -0.39 is 40.3 Å². The van der Waals surface area contributed by atoms with Gasteiger partial charge in [0.2, 0.25) is 17.7 Å². The Bertz CT molecular complexity index is 2180. The molecule has 4 N–H and O–H groups in total. The number of nitro groups is 1. The fourth-order valence-electron chi connectivity index (χ4n) is 6.90. The van der Waals surface area contributed by atoms with Crippen LogP contribution in [0.3, 0.4) is 0 Å². The number of nitrogens with zero attached hydrogens (tertiary/aromatic N) is 3. The van der Waals surface area contributed by atoms with Gasteiger partial charge in [0.15, 0.2) is 0 Å². The number of carbonyl (C=O) groups is 3. The smallest absolute Gasteiger partial charge is 0.270 e. The second-order valence-electron chi connectivity index (χ2n) is 15.8. The van der Waals surface area contributed by atoms with Gasteiger partial charge in [-0.2, -0.15) is 0 Å². The zero-order valence-corrected chi connectivity index (χ0v) is 36.4. The molecule has 0 aliphatic carbocycles. The molecule has 4 atom stereocenters. The number of anilines is 2. The van der Waals surface area contributed by atoms with Crippen molar-refractivity contribution in [2.45, 2.75) is 75.1 Å². The molecule has 61 heavy (non-hydrogen) atoms. The number of carbonyl (C=O) groups excluding carboxylic acids is 3. The summed E-state index contributed by atoms with van der Waals surface area (Å²) >= 11 is 3.00. The fraction of sp³-hybridized carbons (Fsp3) is 0.442. The first-order chi connectivity index (χ1) is 29.2. The molecule has 0 bridgehead atoms. The van der Waals surface area contributed by atoms with E-state index in [2.05, 4.69) is 20.9 Å². The largest absolute Gasteiger partial charge is 0.491 e. The van der Waals surface area contributed by atoms with Crippen molar-refractivity contribution >= 4 is 57.9 Å². The van der Waals surface area contributed by atoms with Crippen LogP contribution in [0.1, 0.15) is 51.4 Å². The molecule has 18 heteroatoms. The number of thiazole rings is 1. The molecule has 4 aromatic rings. The van der Waals surface area contributed by atoms with Crippen LogP contribution in [0.5, 0.6) is 5.75 Å². The van der Waals surface area contributed by atoms with Crippen molar-refractivity contribution in [2.24, 2.45) is 5.41 Å². The van der Waals surface area contributed by atoms with Crippen molar-refractivity contribution in [3.8, 4) is 16.2 Å². The number of β-amino-alcohol motifs (C(OH)–C–C–N with tert-alkyl or cyclic N) is 1. The predicted octanol–water partition coefficient (Wildman–Crippen LogP) is 6.03. The fourth-order valence-corrected chi connectivity index (χ4v) is 8.76. The number of rotatable bonds is 19. The molecule has 326 valence electrons. The quantitative estimate of drug-likeness (QED) is 0.0426. The molecule has 0 spiro atoms. The van der Waals surface area contributed by atoms with Crippen molar-refractivity contribution in [1.29, 1.82) is 0 Å². The van der Waals surface area contributed by atoms with Crippen molar-refractivity contribution in [3.63, 3.8) is 0 Å². The number of aliphatic hydroxyl groups excluding tert-OH is 1. The average Bonchev–Trinajstić information content (AvgIpc) is 3.85. The number of benzene rings is 3. The number of nitro benzene ring substituents is 1. The molecule has 16 nitrogen and oxygen atoms in total. The Morgan fingerprint density at radius 3 is 2.26 bits per heavy atom. The molecule has 0 saturated carbocycles. The monoisotopic (exact) mass is 876 g/mol. The van der Waals surface area contributed by atoms with E-state index in [0.717, 1.165) is 42.9 Å². The van der Waals surface area contributed by atoms with Gasteiger partial charge in [-0.3, -0.25) is 24.5 Å². The number of amides is 3. The molecule has 0 unspecified atom stereocenters. The number of aryl methyl sites for hydroxylation is 1. The molecule has 3 heterocycles. The summed E-state index contributed by atoms with van der Waals surface area (Å²) in [6.45, 7) is 10.6. The van der Waals surface area contributed by atoms with Crippen molar-refractivity contribution in [2.75, 3.05) is 58.1 Å². The van der Waals surface area contributed by atoms with E-state index in [9.17, 15) is 29.6 Å². The Balaban J connectivity index is 0.865. The second-order valence-corrected chi connectivity index (χ2v) is 17.8. The minimum absolute atomic E-state index is 0.0276. The van der Waals surface area contributed by atoms with Gasteiger partial charge < -0.3 is 44.9 Å². The topological polar surface area (TPSA) is 204 Å². The van der Waals surface area contributed by atoms with Gasteiger partial charge in [-0.1, -0.05) is 56.8 Å². The lowest BCUT2D eigenvalue weighted by Gasteiger charge is -2.35. The molecule has 1 aromatic heterocycles. The molecule has 3 aromatic carbocycles. The number of aromatic nitrogens is 1. The number of non-ortho nitro benzene ring substituents is 1. The summed E-state index contributed by atoms with van der Waals surface area (Å²) in [6.07, 6.45) is -0.800. The lowest BCUT2D eigenvalue weighted by molar-refractivity contribution is -0.385. The summed E-state index contributed by atoms with van der Waals surface area (Å²) in [6, 6.07) is 16.0. The molecule has 6 rings (SSSR count). The molecular weight excluding hydrogens is 825 g/mol. The summed E-state index contributed by atoms with van der Waals surface area (Å²) in [7, 11) is 0. The number of ether oxygens (including phenoxy) is 4. The highest BCUT2D eigenvalue weighted by molar-refractivity contribution is 7.99. The summed E-state index contributed by atoms with van der Waals surface area (Å²) in [5.41, 5.74) is 5.73. The molecule has 1 saturated heterocycles. The van der Waals surface area contributed by atoms with Crippen LogP contribution in [0.25, 0.3) is 10.4 Å². The van der Waals surface area contributed by atoms with Gasteiger partial charge in [0, 0.05) is 34.9 Å². The molecule has 1 fully saturated rings. The first-order valence-corrected chi connectivity index (χ1v) is 21.7. The molecule has 2 aliphatic heterocycles. The third-order valence-corrected chi connectivity index (χ3v) is 12.2. The van der Waals surface area contributed by atoms with Gasteiger partial charge in [0.25, 0.3) is 5.69 Å². The van der Waals surface area contributed by atoms with E-state index in [4.69, 9.17) is 18.9 Å². The summed E-state index contributed by atoms with van der Waals surface area (Å²) < 4.78 is 22.5. The van der Waals surface area contributed by atoms with Gasteiger partial charge in [0.1, 0.15) is 31.0 Å². The summed E-state index contributed by atoms with van der Waals surface area (Å²) in [5.74, 6) is -0.683. The minimum atomic E-state index is -0.978. The second kappa shape index (κ2) is 20.6. The van der Waals surface area contributed by atoms with Crippen LogP contribution in [0, 0.1) is 22.5 Å². The van der Waals surface area contributed by atoms with Gasteiger partial charge in [0.05, 0.1) is 77.6 Å². The number of hydrogen-bond acceptors (Lipinski definition) is 14. The first kappa shape index (κ1) is 45.4. The van der Waals surface area contributed by atoms with Crippen molar-refractivity contribution in [1.82, 2.24) is 20.5 Å². The Morgan fingerprint density at radius 1 is 0.951 bits per heavy atom. The number of likely N-dealkylation sites (tertiary alicyclic amines) is 1. The molecule has 2 aliphatic rings. The first-order valence-electron chi connectivity index (χ1n) is 20.0. The summed E-state index contributed by atoms with van der Waals surface area (Å²) in [5, 5.41) is 30.8. The Labute approximate surface area is 362 Å². The zero-order valence-electron chi connectivity index (χ0n) is 34.8. The molecular formula is C43H52N6O10S2. The van der Waals surface area contributed by atoms with Crippen LogP contribution in [0.2, 0.25) is 0 Å². The lowest BCUT2D eigenvalue weighted by Crippen LogP contribution is -2.58. The standard InChI is InChI=1S/C43H52N6O10S2/c1-26(28-6-8-29(9-7-28)39-27(2)44-25-60-39)45-41(52)35-21-31(50)23-48(35)42(53)40(43(3,4)5)47-38(51)24-58-17-16-56-14-15-57-18-19-59-32-11-13-34-37(22-32)61-36-20-30(49(54)55)10-12-33(36)46-34/h6-13,20,22,25-26,31,35,40,46,50H,14-19,21,23-24H2,1-5H3,(H,45,52)(H,47,51)/t26-,31+,35-,40+/m0/s1. The van der Waals surface area contributed by atoms with E-state index in [0.29, 0.717) is 32.2 Å². The number of aliphatic hydroxyl groups is 1. The van der Waals surface area contributed by atoms with Gasteiger partial charge in [-0.05, 0) is 54.7 Å². The third-order valence-electron chi connectivity index (χ3n) is 10.2. The Kier molecular flexibility index (Phi) is 15.4. The van der Waals surface area contributed by atoms with Gasteiger partial charge in [-0.15, -0.1) is 11.3 Å². The normalized spacial score (nSPS) is 16.8. The zero-order chi connectivity index (χ0) is 43.7. The highest BCUT2D eigenvalue weighted by Crippen LogP contribution is 2.46. The highest BCUT2D eigenvalue weighted by atomic mass is 32.2. The molecule has 0 radical (unpaired) electrons. The minimum Gasteiger partial charge on any atom is -0.491 e. The van der Waals surface area contributed by atoms with Crippen LogP contribution in [-0.4, -0.2) is 109 Å². The van der Waals surface area contributed by atoms with Crippen LogP contribution >= 0.6 is 23.1 Å². The Morgan fingerprint density at radius 2 is 1.61 bits per heavy atom. The van der Waals surface area contributed by atoms with E-state index in [-0.39, 0.29) is 50.4 Å². The average molecular weight is 877 g/mol. The number of hydrogen-bond donors (Lipinski definition) is 4. The van der Waals surface area contributed by atoms with Crippen molar-refractivity contribution in [3.05, 3.63) is 87.5 Å². The van der Waals surface area contributed by atoms with Gasteiger partial charge >= 0.3 is 0 Å². The maximum atomic E-state index is 14.0. The van der Waals surface area contributed by atoms with E-state index >= 15 is 0 Å². The van der Waals surface area contributed by atoms with Crippen LogP contribution in [-0.2, 0) is 28.6 Å². The van der Waals surface area contributed by atoms with Crippen molar-refractivity contribution < 1.29 is 43.4 Å². The third kappa shape index (κ3) is 12.0.